The Morgan fingerprint density at radius 2 is 1.77 bits per heavy atom. The van der Waals surface area contributed by atoms with Crippen LogP contribution in [0.4, 0.5) is 11.5 Å². The van der Waals surface area contributed by atoms with Gasteiger partial charge < -0.3 is 10.2 Å². The van der Waals surface area contributed by atoms with Crippen molar-refractivity contribution in [2.24, 2.45) is 0 Å². The zero-order chi connectivity index (χ0) is 17.9. The number of aromatic nitrogens is 1. The number of benzene rings is 2. The van der Waals surface area contributed by atoms with Crippen molar-refractivity contribution < 1.29 is 4.79 Å². The molecule has 0 saturated carbocycles. The minimum atomic E-state index is 0.0186. The zero-order valence-corrected chi connectivity index (χ0v) is 14.9. The number of nitrogens with zero attached hydrogens (tertiary/aromatic N) is 2. The Balaban J connectivity index is 1.45. The first-order valence-corrected chi connectivity index (χ1v) is 8.91. The maximum atomic E-state index is 12.8. The van der Waals surface area contributed by atoms with Gasteiger partial charge >= 0.3 is 0 Å². The van der Waals surface area contributed by atoms with E-state index in [9.17, 15) is 4.79 Å². The highest BCUT2D eigenvalue weighted by Crippen LogP contribution is 2.21. The number of fused-ring (bicyclic) bond motifs is 1. The van der Waals surface area contributed by atoms with Gasteiger partial charge in [-0.1, -0.05) is 35.9 Å². The molecule has 0 bridgehead atoms. The number of nitrogens with one attached hydrogen (secondary N) is 1. The quantitative estimate of drug-likeness (QED) is 0.735. The predicted molar refractivity (Wildman–Crippen MR) is 104 cm³/mol. The van der Waals surface area contributed by atoms with E-state index in [0.29, 0.717) is 22.9 Å². The molecule has 26 heavy (non-hydrogen) atoms. The van der Waals surface area contributed by atoms with Gasteiger partial charge in [-0.25, -0.2) is 4.98 Å². The molecule has 0 fully saturated rings. The normalized spacial score (nSPS) is 13.2. The van der Waals surface area contributed by atoms with Crippen LogP contribution in [0.15, 0.2) is 66.9 Å². The van der Waals surface area contributed by atoms with E-state index in [1.807, 2.05) is 53.4 Å². The summed E-state index contributed by atoms with van der Waals surface area (Å²) in [4.78, 5) is 19.0. The monoisotopic (exact) mass is 363 g/mol. The van der Waals surface area contributed by atoms with E-state index in [0.717, 1.165) is 18.7 Å². The highest BCUT2D eigenvalue weighted by molar-refractivity contribution is 6.30. The van der Waals surface area contributed by atoms with E-state index >= 15 is 0 Å². The van der Waals surface area contributed by atoms with Gasteiger partial charge in [-0.2, -0.15) is 0 Å². The van der Waals surface area contributed by atoms with Crippen molar-refractivity contribution in [1.29, 1.82) is 0 Å². The zero-order valence-electron chi connectivity index (χ0n) is 14.2. The molecule has 1 aliphatic rings. The van der Waals surface area contributed by atoms with Gasteiger partial charge in [0.25, 0.3) is 5.91 Å². The lowest BCUT2D eigenvalue weighted by molar-refractivity contribution is 0.0734. The molecular formula is C21H18ClN3O. The van der Waals surface area contributed by atoms with Gasteiger partial charge in [-0.05, 0) is 53.9 Å². The fraction of sp³-hybridized carbons (Fsp3) is 0.143. The van der Waals surface area contributed by atoms with Crippen LogP contribution in [-0.4, -0.2) is 22.3 Å². The molecule has 1 amide bonds. The van der Waals surface area contributed by atoms with Crippen molar-refractivity contribution in [3.05, 3.63) is 88.6 Å². The Hall–Kier alpha value is -2.85. The second-order valence-corrected chi connectivity index (χ2v) is 6.75. The maximum Gasteiger partial charge on any atom is 0.255 e. The second kappa shape index (κ2) is 7.18. The van der Waals surface area contributed by atoms with E-state index in [1.54, 1.807) is 6.20 Å². The molecule has 0 unspecified atom stereocenters. The standard InChI is InChI=1S/C21H18ClN3O/c22-18-6-8-19(9-7-18)24-20-10-5-16(13-23-20)21(26)25-12-11-15-3-1-2-4-17(15)14-25/h1-10,13H,11-12,14H2,(H,23,24). The summed E-state index contributed by atoms with van der Waals surface area (Å²) >= 11 is 5.89. The Kier molecular flexibility index (Phi) is 4.59. The van der Waals surface area contributed by atoms with Gasteiger partial charge in [0.2, 0.25) is 0 Å². The molecule has 1 N–H and O–H groups in total. The van der Waals surface area contributed by atoms with Crippen LogP contribution in [0, 0.1) is 0 Å². The SMILES string of the molecule is O=C(c1ccc(Nc2ccc(Cl)cc2)nc1)N1CCc2ccccc2C1. The molecule has 4 rings (SSSR count). The lowest BCUT2D eigenvalue weighted by atomic mass is 9.99. The molecule has 2 aromatic carbocycles. The molecule has 0 radical (unpaired) electrons. The van der Waals surface area contributed by atoms with Crippen LogP contribution < -0.4 is 5.32 Å². The predicted octanol–water partition coefficient (Wildman–Crippen LogP) is 4.68. The maximum absolute atomic E-state index is 12.8. The molecule has 0 spiro atoms. The summed E-state index contributed by atoms with van der Waals surface area (Å²) in [7, 11) is 0. The molecule has 2 heterocycles. The van der Waals surface area contributed by atoms with Gasteiger partial charge in [0, 0.05) is 30.0 Å². The van der Waals surface area contributed by atoms with E-state index in [2.05, 4.69) is 22.4 Å². The average Bonchev–Trinajstić information content (AvgIpc) is 2.69. The number of hydrogen-bond donors (Lipinski definition) is 1. The molecular weight excluding hydrogens is 346 g/mol. The van der Waals surface area contributed by atoms with Crippen molar-refractivity contribution in [3.63, 3.8) is 0 Å². The summed E-state index contributed by atoms with van der Waals surface area (Å²) in [6, 6.07) is 19.3. The molecule has 1 aromatic heterocycles. The highest BCUT2D eigenvalue weighted by Gasteiger charge is 2.21. The summed E-state index contributed by atoms with van der Waals surface area (Å²) in [6.07, 6.45) is 2.52. The number of amides is 1. The number of carbonyl (C=O) groups excluding carboxylic acids is 1. The third-order valence-electron chi connectivity index (χ3n) is 4.54. The number of hydrogen-bond acceptors (Lipinski definition) is 3. The lowest BCUT2D eigenvalue weighted by Gasteiger charge is -2.28. The largest absolute Gasteiger partial charge is 0.340 e. The third kappa shape index (κ3) is 3.55. The Bertz CT molecular complexity index is 923. The van der Waals surface area contributed by atoms with Crippen LogP contribution in [0.3, 0.4) is 0 Å². The first-order valence-electron chi connectivity index (χ1n) is 8.54. The summed E-state index contributed by atoms with van der Waals surface area (Å²) in [5.41, 5.74) is 4.05. The number of rotatable bonds is 3. The fourth-order valence-electron chi connectivity index (χ4n) is 3.13. The first-order chi connectivity index (χ1) is 12.7. The van der Waals surface area contributed by atoms with Crippen LogP contribution in [0.5, 0.6) is 0 Å². The lowest BCUT2D eigenvalue weighted by Crippen LogP contribution is -2.35. The molecule has 0 aliphatic carbocycles. The summed E-state index contributed by atoms with van der Waals surface area (Å²) in [6.45, 7) is 1.39. The van der Waals surface area contributed by atoms with Crippen molar-refractivity contribution >= 4 is 29.0 Å². The van der Waals surface area contributed by atoms with E-state index < -0.39 is 0 Å². The fourth-order valence-corrected chi connectivity index (χ4v) is 3.25. The molecule has 4 nitrogen and oxygen atoms in total. The molecule has 0 saturated heterocycles. The van der Waals surface area contributed by atoms with Crippen molar-refractivity contribution in [2.45, 2.75) is 13.0 Å². The number of halogens is 1. The Morgan fingerprint density at radius 1 is 1.00 bits per heavy atom. The summed E-state index contributed by atoms with van der Waals surface area (Å²) < 4.78 is 0. The number of carbonyl (C=O) groups is 1. The average molecular weight is 364 g/mol. The topological polar surface area (TPSA) is 45.2 Å². The van der Waals surface area contributed by atoms with Gasteiger partial charge in [0.15, 0.2) is 0 Å². The van der Waals surface area contributed by atoms with Gasteiger partial charge in [-0.3, -0.25) is 4.79 Å². The minimum absolute atomic E-state index is 0.0186. The van der Waals surface area contributed by atoms with E-state index in [-0.39, 0.29) is 5.91 Å². The molecule has 0 atom stereocenters. The van der Waals surface area contributed by atoms with Crippen LogP contribution >= 0.6 is 11.6 Å². The van der Waals surface area contributed by atoms with Crippen molar-refractivity contribution in [2.75, 3.05) is 11.9 Å². The van der Waals surface area contributed by atoms with E-state index in [1.165, 1.54) is 11.1 Å². The number of pyridine rings is 1. The van der Waals surface area contributed by atoms with Gasteiger partial charge in [0.05, 0.1) is 5.56 Å². The van der Waals surface area contributed by atoms with Crippen LogP contribution in [0.2, 0.25) is 5.02 Å². The summed E-state index contributed by atoms with van der Waals surface area (Å²) in [5, 5.41) is 3.88. The number of anilines is 2. The molecule has 1 aliphatic heterocycles. The summed E-state index contributed by atoms with van der Waals surface area (Å²) in [5.74, 6) is 0.706. The van der Waals surface area contributed by atoms with Crippen molar-refractivity contribution in [1.82, 2.24) is 9.88 Å². The molecule has 130 valence electrons. The highest BCUT2D eigenvalue weighted by atomic mass is 35.5. The van der Waals surface area contributed by atoms with Gasteiger partial charge in [0.1, 0.15) is 5.82 Å². The van der Waals surface area contributed by atoms with Crippen LogP contribution in [0.1, 0.15) is 21.5 Å². The molecule has 5 heteroatoms. The smallest absolute Gasteiger partial charge is 0.255 e. The molecule has 3 aromatic rings. The van der Waals surface area contributed by atoms with E-state index in [4.69, 9.17) is 11.6 Å². The second-order valence-electron chi connectivity index (χ2n) is 6.31. The van der Waals surface area contributed by atoms with Gasteiger partial charge in [-0.15, -0.1) is 0 Å². The van der Waals surface area contributed by atoms with Crippen molar-refractivity contribution in [3.8, 4) is 0 Å². The van der Waals surface area contributed by atoms with Crippen LogP contribution in [-0.2, 0) is 13.0 Å². The minimum Gasteiger partial charge on any atom is -0.340 e. The third-order valence-corrected chi connectivity index (χ3v) is 4.80. The Morgan fingerprint density at radius 3 is 2.50 bits per heavy atom. The van der Waals surface area contributed by atoms with Crippen LogP contribution in [0.25, 0.3) is 0 Å². The first kappa shape index (κ1) is 16.6. The Labute approximate surface area is 157 Å².